The topological polar surface area (TPSA) is 104 Å². The summed E-state index contributed by atoms with van der Waals surface area (Å²) in [5, 5.41) is 12.6. The summed E-state index contributed by atoms with van der Waals surface area (Å²) in [6.45, 7) is 5.35. The molecule has 0 atom stereocenters. The van der Waals surface area contributed by atoms with Crippen molar-refractivity contribution in [3.8, 4) is 0 Å². The molecule has 0 unspecified atom stereocenters. The Hall–Kier alpha value is -2.46. The van der Waals surface area contributed by atoms with E-state index in [1.165, 1.54) is 11.3 Å². The van der Waals surface area contributed by atoms with Gasteiger partial charge in [-0.05, 0) is 13.8 Å². The van der Waals surface area contributed by atoms with E-state index in [1.54, 1.807) is 6.21 Å². The highest BCUT2D eigenvalue weighted by atomic mass is 35.5. The Bertz CT molecular complexity index is 832. The zero-order valence-corrected chi connectivity index (χ0v) is 14.7. The molecule has 0 aliphatic rings. The van der Waals surface area contributed by atoms with Gasteiger partial charge >= 0.3 is 0 Å². The fourth-order valence-electron chi connectivity index (χ4n) is 1.94. The van der Waals surface area contributed by atoms with Gasteiger partial charge in [0.05, 0.1) is 6.21 Å². The molecule has 0 saturated heterocycles. The van der Waals surface area contributed by atoms with Crippen LogP contribution < -0.4 is 16.1 Å². The van der Waals surface area contributed by atoms with Crippen molar-refractivity contribution in [2.24, 2.45) is 5.10 Å². The van der Waals surface area contributed by atoms with Crippen molar-refractivity contribution in [1.29, 1.82) is 0 Å². The summed E-state index contributed by atoms with van der Waals surface area (Å²) in [6, 6.07) is 0. The lowest BCUT2D eigenvalue weighted by Crippen LogP contribution is -2.10. The van der Waals surface area contributed by atoms with Crippen molar-refractivity contribution in [3.63, 3.8) is 0 Å². The Kier molecular flexibility index (Phi) is 5.06. The van der Waals surface area contributed by atoms with E-state index in [4.69, 9.17) is 11.6 Å². The lowest BCUT2D eigenvalue weighted by atomic mass is 10.5. The minimum atomic E-state index is 0.329. The van der Waals surface area contributed by atoms with Gasteiger partial charge in [0.15, 0.2) is 10.1 Å². The van der Waals surface area contributed by atoms with Gasteiger partial charge in [-0.1, -0.05) is 11.6 Å². The molecule has 0 radical (unpaired) electrons. The van der Waals surface area contributed by atoms with Gasteiger partial charge in [-0.2, -0.15) is 20.1 Å². The summed E-state index contributed by atoms with van der Waals surface area (Å²) >= 11 is 7.62. The maximum Gasteiger partial charge on any atom is 0.250 e. The number of hydrogen-bond acceptors (Lipinski definition) is 9. The molecule has 3 N–H and O–H groups in total. The van der Waals surface area contributed by atoms with E-state index in [0.29, 0.717) is 41.8 Å². The van der Waals surface area contributed by atoms with E-state index in [0.717, 1.165) is 4.96 Å². The van der Waals surface area contributed by atoms with E-state index in [-0.39, 0.29) is 0 Å². The zero-order chi connectivity index (χ0) is 16.9. The molecule has 0 spiro atoms. The second-order valence-electron chi connectivity index (χ2n) is 4.58. The molecule has 0 aliphatic carbocycles. The Labute approximate surface area is 147 Å². The van der Waals surface area contributed by atoms with E-state index < -0.39 is 0 Å². The number of imidazole rings is 1. The third-order valence-electron chi connectivity index (χ3n) is 2.91. The molecule has 3 rings (SSSR count). The van der Waals surface area contributed by atoms with Crippen molar-refractivity contribution in [2.45, 2.75) is 13.8 Å². The maximum absolute atomic E-state index is 6.12. The minimum absolute atomic E-state index is 0.329. The smallest absolute Gasteiger partial charge is 0.250 e. The zero-order valence-electron chi connectivity index (χ0n) is 13.1. The molecule has 3 heterocycles. The first kappa shape index (κ1) is 16.4. The number of nitrogens with zero attached hydrogens (tertiary/aromatic N) is 6. The highest BCUT2D eigenvalue weighted by Crippen LogP contribution is 2.19. The fourth-order valence-corrected chi connectivity index (χ4v) is 2.93. The van der Waals surface area contributed by atoms with Crippen LogP contribution in [-0.2, 0) is 0 Å². The van der Waals surface area contributed by atoms with E-state index in [1.807, 2.05) is 29.8 Å². The Morgan fingerprint density at radius 2 is 1.79 bits per heavy atom. The van der Waals surface area contributed by atoms with Gasteiger partial charge in [-0.15, -0.1) is 11.3 Å². The van der Waals surface area contributed by atoms with Crippen LogP contribution in [0.2, 0.25) is 5.15 Å². The van der Waals surface area contributed by atoms with Gasteiger partial charge in [0.1, 0.15) is 5.69 Å². The predicted octanol–water partition coefficient (Wildman–Crippen LogP) is 2.54. The van der Waals surface area contributed by atoms with Crippen LogP contribution in [0, 0.1) is 0 Å². The Morgan fingerprint density at radius 3 is 2.46 bits per heavy atom. The molecule has 126 valence electrons. The highest BCUT2D eigenvalue weighted by Gasteiger charge is 2.09. The molecule has 0 aromatic carbocycles. The van der Waals surface area contributed by atoms with Crippen molar-refractivity contribution >= 4 is 52.0 Å². The van der Waals surface area contributed by atoms with E-state index in [9.17, 15) is 0 Å². The first-order valence-electron chi connectivity index (χ1n) is 7.35. The number of hydrazone groups is 1. The van der Waals surface area contributed by atoms with E-state index >= 15 is 0 Å². The summed E-state index contributed by atoms with van der Waals surface area (Å²) < 4.78 is 1.86. The number of fused-ring (bicyclic) bond motifs is 1. The quantitative estimate of drug-likeness (QED) is 0.436. The SMILES string of the molecule is CCNc1nc(NCC)nc(N/N=C/c2c(Cl)nc3sccn23)n1. The van der Waals surface area contributed by atoms with Crippen molar-refractivity contribution in [3.05, 3.63) is 22.4 Å². The Morgan fingerprint density at radius 1 is 1.12 bits per heavy atom. The van der Waals surface area contributed by atoms with Crippen molar-refractivity contribution in [1.82, 2.24) is 24.3 Å². The lowest BCUT2D eigenvalue weighted by molar-refractivity contribution is 0.992. The molecular weight excluding hydrogens is 350 g/mol. The number of halogens is 1. The first-order valence-corrected chi connectivity index (χ1v) is 8.61. The van der Waals surface area contributed by atoms with Gasteiger partial charge in [0.2, 0.25) is 17.8 Å². The largest absolute Gasteiger partial charge is 0.354 e. The van der Waals surface area contributed by atoms with Crippen LogP contribution in [-0.4, -0.2) is 43.6 Å². The maximum atomic E-state index is 6.12. The average molecular weight is 366 g/mol. The van der Waals surface area contributed by atoms with Gasteiger partial charge < -0.3 is 10.6 Å². The van der Waals surface area contributed by atoms with Crippen molar-refractivity contribution < 1.29 is 0 Å². The van der Waals surface area contributed by atoms with Crippen LogP contribution in [0.15, 0.2) is 16.7 Å². The predicted molar refractivity (Wildman–Crippen MR) is 97.5 cm³/mol. The molecule has 0 bridgehead atoms. The summed E-state index contributed by atoms with van der Waals surface area (Å²) in [5.74, 6) is 1.28. The fraction of sp³-hybridized carbons (Fsp3) is 0.308. The van der Waals surface area contributed by atoms with Gasteiger partial charge in [-0.25, -0.2) is 10.4 Å². The number of nitrogens with one attached hydrogen (secondary N) is 3. The number of anilines is 3. The average Bonchev–Trinajstić information content (AvgIpc) is 3.10. The first-order chi connectivity index (χ1) is 11.7. The number of aromatic nitrogens is 5. The van der Waals surface area contributed by atoms with Crippen LogP contribution in [0.4, 0.5) is 17.8 Å². The number of rotatable bonds is 7. The molecule has 0 amide bonds. The second kappa shape index (κ2) is 7.41. The van der Waals surface area contributed by atoms with E-state index in [2.05, 4.69) is 41.1 Å². The van der Waals surface area contributed by atoms with Crippen LogP contribution in [0.5, 0.6) is 0 Å². The van der Waals surface area contributed by atoms with Crippen LogP contribution >= 0.6 is 22.9 Å². The van der Waals surface area contributed by atoms with Gasteiger partial charge in [0.25, 0.3) is 0 Å². The monoisotopic (exact) mass is 365 g/mol. The third-order valence-corrected chi connectivity index (χ3v) is 3.95. The summed E-state index contributed by atoms with van der Waals surface area (Å²) in [4.78, 5) is 17.8. The van der Waals surface area contributed by atoms with Crippen LogP contribution in [0.3, 0.4) is 0 Å². The molecule has 11 heteroatoms. The van der Waals surface area contributed by atoms with Gasteiger partial charge in [0, 0.05) is 24.7 Å². The third kappa shape index (κ3) is 3.54. The number of thiazole rings is 1. The molecule has 0 saturated carbocycles. The molecule has 0 aliphatic heterocycles. The molecule has 3 aromatic rings. The Balaban J connectivity index is 1.80. The van der Waals surface area contributed by atoms with Gasteiger partial charge in [-0.3, -0.25) is 4.40 Å². The molecule has 24 heavy (non-hydrogen) atoms. The minimum Gasteiger partial charge on any atom is -0.354 e. The second-order valence-corrected chi connectivity index (χ2v) is 5.81. The summed E-state index contributed by atoms with van der Waals surface area (Å²) in [5.41, 5.74) is 3.48. The standard InChI is InChI=1S/C13H16ClN9S/c1-3-15-10-19-11(16-4-2)21-12(20-10)22-17-7-8-9(14)18-13-23(8)5-6-24-13/h5-7H,3-4H2,1-2H3,(H3,15,16,19,20,21,22)/b17-7+. The number of hydrogen-bond donors (Lipinski definition) is 3. The lowest BCUT2D eigenvalue weighted by Gasteiger charge is -2.07. The summed E-state index contributed by atoms with van der Waals surface area (Å²) in [7, 11) is 0. The van der Waals surface area contributed by atoms with Crippen molar-refractivity contribution in [2.75, 3.05) is 29.1 Å². The highest BCUT2D eigenvalue weighted by molar-refractivity contribution is 7.15. The molecule has 3 aromatic heterocycles. The molecule has 0 fully saturated rings. The summed E-state index contributed by atoms with van der Waals surface area (Å²) in [6.07, 6.45) is 3.47. The molecular formula is C13H16ClN9S. The van der Waals surface area contributed by atoms with Crippen LogP contribution in [0.1, 0.15) is 19.5 Å². The van der Waals surface area contributed by atoms with Crippen LogP contribution in [0.25, 0.3) is 4.96 Å². The normalized spacial score (nSPS) is 11.3. The molecule has 9 nitrogen and oxygen atoms in total.